The van der Waals surface area contributed by atoms with Gasteiger partial charge in [0.2, 0.25) is 0 Å². The highest BCUT2D eigenvalue weighted by atomic mass is 35.5. The molecule has 1 N–H and O–H groups in total. The zero-order valence-corrected chi connectivity index (χ0v) is 12.3. The molecule has 1 aromatic carbocycles. The second-order valence-electron chi connectivity index (χ2n) is 4.85. The molecule has 4 nitrogen and oxygen atoms in total. The van der Waals surface area contributed by atoms with Crippen LogP contribution in [0.5, 0.6) is 0 Å². The SMILES string of the molecule is OC(c1cccnc1)c1nccn1Cc1ccc(F)c(Cl)c1. The molecule has 0 fully saturated rings. The van der Waals surface area contributed by atoms with Crippen molar-refractivity contribution in [2.75, 3.05) is 0 Å². The number of aliphatic hydroxyl groups is 1. The first-order chi connectivity index (χ1) is 10.6. The Kier molecular flexibility index (Phi) is 4.18. The molecule has 6 heteroatoms. The van der Waals surface area contributed by atoms with Crippen LogP contribution < -0.4 is 0 Å². The maximum absolute atomic E-state index is 13.2. The normalized spacial score (nSPS) is 12.3. The summed E-state index contributed by atoms with van der Waals surface area (Å²) in [5.74, 6) is 0.0418. The minimum atomic E-state index is -0.875. The largest absolute Gasteiger partial charge is 0.380 e. The summed E-state index contributed by atoms with van der Waals surface area (Å²) in [4.78, 5) is 8.20. The predicted octanol–water partition coefficient (Wildman–Crippen LogP) is 3.20. The fraction of sp³-hybridized carbons (Fsp3) is 0.125. The maximum atomic E-state index is 13.2. The van der Waals surface area contributed by atoms with E-state index in [1.807, 2.05) is 0 Å². The lowest BCUT2D eigenvalue weighted by Crippen LogP contribution is -2.10. The Labute approximate surface area is 131 Å². The molecule has 1 unspecified atom stereocenters. The molecule has 1 atom stereocenters. The standard InChI is InChI=1S/C16H13ClFN3O/c17-13-8-11(3-4-14(13)18)10-21-7-6-20-16(21)15(22)12-2-1-5-19-9-12/h1-9,15,22H,10H2. The number of benzene rings is 1. The summed E-state index contributed by atoms with van der Waals surface area (Å²) < 4.78 is 15.0. The monoisotopic (exact) mass is 317 g/mol. The smallest absolute Gasteiger partial charge is 0.142 e. The first kappa shape index (κ1) is 14.7. The van der Waals surface area contributed by atoms with Crippen LogP contribution in [0, 0.1) is 5.82 Å². The molecule has 0 aliphatic carbocycles. The van der Waals surface area contributed by atoms with E-state index >= 15 is 0 Å². The van der Waals surface area contributed by atoms with Gasteiger partial charge in [0.25, 0.3) is 0 Å². The van der Waals surface area contributed by atoms with Gasteiger partial charge >= 0.3 is 0 Å². The second-order valence-corrected chi connectivity index (χ2v) is 5.26. The van der Waals surface area contributed by atoms with Crippen LogP contribution in [0.15, 0.2) is 55.1 Å². The molecule has 112 valence electrons. The molecule has 0 radical (unpaired) electrons. The van der Waals surface area contributed by atoms with E-state index in [-0.39, 0.29) is 5.02 Å². The van der Waals surface area contributed by atoms with Gasteiger partial charge in [-0.2, -0.15) is 0 Å². The van der Waals surface area contributed by atoms with E-state index in [9.17, 15) is 9.50 Å². The van der Waals surface area contributed by atoms with E-state index in [0.717, 1.165) is 5.56 Å². The van der Waals surface area contributed by atoms with Crippen LogP contribution in [0.3, 0.4) is 0 Å². The van der Waals surface area contributed by atoms with Crippen molar-refractivity contribution in [1.82, 2.24) is 14.5 Å². The van der Waals surface area contributed by atoms with Gasteiger partial charge in [0.05, 0.1) is 5.02 Å². The Morgan fingerprint density at radius 2 is 2.14 bits per heavy atom. The molecule has 0 bridgehead atoms. The number of halogens is 2. The van der Waals surface area contributed by atoms with Crippen LogP contribution in [-0.2, 0) is 6.54 Å². The molecule has 2 aromatic heterocycles. The first-order valence-electron chi connectivity index (χ1n) is 6.68. The molecule has 0 saturated carbocycles. The van der Waals surface area contributed by atoms with Crippen molar-refractivity contribution < 1.29 is 9.50 Å². The van der Waals surface area contributed by atoms with E-state index < -0.39 is 11.9 Å². The van der Waals surface area contributed by atoms with Gasteiger partial charge in [0.1, 0.15) is 17.7 Å². The highest BCUT2D eigenvalue weighted by Crippen LogP contribution is 2.22. The average Bonchev–Trinajstić information content (AvgIpc) is 2.99. The Hall–Kier alpha value is -2.24. The summed E-state index contributed by atoms with van der Waals surface area (Å²) >= 11 is 5.79. The van der Waals surface area contributed by atoms with Gasteiger partial charge in [-0.3, -0.25) is 4.98 Å². The molecule has 3 rings (SSSR count). The fourth-order valence-electron chi connectivity index (χ4n) is 2.22. The lowest BCUT2D eigenvalue weighted by atomic mass is 10.1. The average molecular weight is 318 g/mol. The minimum absolute atomic E-state index is 0.0759. The van der Waals surface area contributed by atoms with Gasteiger partial charge in [-0.1, -0.05) is 23.7 Å². The Bertz CT molecular complexity index is 776. The van der Waals surface area contributed by atoms with Gasteiger partial charge < -0.3 is 9.67 Å². The highest BCUT2D eigenvalue weighted by Gasteiger charge is 2.16. The lowest BCUT2D eigenvalue weighted by Gasteiger charge is -2.13. The van der Waals surface area contributed by atoms with Crippen LogP contribution in [0.4, 0.5) is 4.39 Å². The van der Waals surface area contributed by atoms with Crippen molar-refractivity contribution in [3.05, 3.63) is 82.9 Å². The van der Waals surface area contributed by atoms with E-state index in [2.05, 4.69) is 9.97 Å². The number of imidazole rings is 1. The summed E-state index contributed by atoms with van der Waals surface area (Å²) in [6.45, 7) is 0.437. The van der Waals surface area contributed by atoms with E-state index in [1.165, 1.54) is 6.07 Å². The predicted molar refractivity (Wildman–Crippen MR) is 81.0 cm³/mol. The van der Waals surface area contributed by atoms with Crippen molar-refractivity contribution in [2.24, 2.45) is 0 Å². The summed E-state index contributed by atoms with van der Waals surface area (Å²) in [7, 11) is 0. The number of nitrogens with zero attached hydrogens (tertiary/aromatic N) is 3. The quantitative estimate of drug-likeness (QED) is 0.804. The summed E-state index contributed by atoms with van der Waals surface area (Å²) in [6.07, 6.45) is 5.73. The molecule has 3 aromatic rings. The molecule has 0 saturated heterocycles. The van der Waals surface area contributed by atoms with Crippen LogP contribution in [0.2, 0.25) is 5.02 Å². The van der Waals surface area contributed by atoms with Crippen molar-refractivity contribution in [2.45, 2.75) is 12.6 Å². The van der Waals surface area contributed by atoms with Crippen molar-refractivity contribution in [1.29, 1.82) is 0 Å². The number of aliphatic hydroxyl groups excluding tert-OH is 1. The van der Waals surface area contributed by atoms with Crippen molar-refractivity contribution in [3.8, 4) is 0 Å². The summed E-state index contributed by atoms with van der Waals surface area (Å²) in [5.41, 5.74) is 1.48. The summed E-state index contributed by atoms with van der Waals surface area (Å²) in [5, 5.41) is 10.5. The van der Waals surface area contributed by atoms with Crippen LogP contribution >= 0.6 is 11.6 Å². The van der Waals surface area contributed by atoms with Crippen LogP contribution in [0.1, 0.15) is 23.1 Å². The van der Waals surface area contributed by atoms with Crippen molar-refractivity contribution >= 4 is 11.6 Å². The molecule has 0 spiro atoms. The van der Waals surface area contributed by atoms with E-state index in [0.29, 0.717) is 17.9 Å². The third-order valence-electron chi connectivity index (χ3n) is 3.33. The van der Waals surface area contributed by atoms with Crippen LogP contribution in [0.25, 0.3) is 0 Å². The molecular formula is C16H13ClFN3O. The van der Waals surface area contributed by atoms with Gasteiger partial charge in [0, 0.05) is 36.9 Å². The molecule has 0 aliphatic rings. The first-order valence-corrected chi connectivity index (χ1v) is 7.06. The van der Waals surface area contributed by atoms with Gasteiger partial charge in [-0.05, 0) is 23.8 Å². The maximum Gasteiger partial charge on any atom is 0.142 e. The Balaban J connectivity index is 1.87. The zero-order chi connectivity index (χ0) is 15.5. The molecule has 0 amide bonds. The third kappa shape index (κ3) is 3.00. The number of hydrogen-bond donors (Lipinski definition) is 1. The fourth-order valence-corrected chi connectivity index (χ4v) is 2.43. The van der Waals surface area contributed by atoms with E-state index in [4.69, 9.17) is 11.6 Å². The lowest BCUT2D eigenvalue weighted by molar-refractivity contribution is 0.205. The van der Waals surface area contributed by atoms with Gasteiger partial charge in [-0.25, -0.2) is 9.37 Å². The van der Waals surface area contributed by atoms with Crippen molar-refractivity contribution in [3.63, 3.8) is 0 Å². The third-order valence-corrected chi connectivity index (χ3v) is 3.62. The second kappa shape index (κ2) is 6.25. The number of rotatable bonds is 4. The topological polar surface area (TPSA) is 50.9 Å². The van der Waals surface area contributed by atoms with Gasteiger partial charge in [0.15, 0.2) is 0 Å². The number of pyridine rings is 1. The van der Waals surface area contributed by atoms with Crippen LogP contribution in [-0.4, -0.2) is 19.6 Å². The minimum Gasteiger partial charge on any atom is -0.380 e. The number of hydrogen-bond acceptors (Lipinski definition) is 3. The molecule has 2 heterocycles. The molecular weight excluding hydrogens is 305 g/mol. The Morgan fingerprint density at radius 3 is 2.86 bits per heavy atom. The van der Waals surface area contributed by atoms with Gasteiger partial charge in [-0.15, -0.1) is 0 Å². The zero-order valence-electron chi connectivity index (χ0n) is 11.5. The summed E-state index contributed by atoms with van der Waals surface area (Å²) in [6, 6.07) is 8.08. The molecule has 0 aliphatic heterocycles. The highest BCUT2D eigenvalue weighted by molar-refractivity contribution is 6.30. The van der Waals surface area contributed by atoms with E-state index in [1.54, 1.807) is 53.6 Å². The number of aromatic nitrogens is 3. The molecule has 22 heavy (non-hydrogen) atoms. The Morgan fingerprint density at radius 1 is 1.27 bits per heavy atom.